The maximum atomic E-state index is 12.0. The van der Waals surface area contributed by atoms with Gasteiger partial charge in [-0.15, -0.1) is 11.3 Å². The molecule has 2 amide bonds. The van der Waals surface area contributed by atoms with E-state index in [-0.39, 0.29) is 6.54 Å². The van der Waals surface area contributed by atoms with Gasteiger partial charge in [0.1, 0.15) is 10.6 Å². The fourth-order valence-electron chi connectivity index (χ4n) is 2.28. The maximum absolute atomic E-state index is 12.0. The lowest BCUT2D eigenvalue weighted by atomic mass is 10.2. The third kappa shape index (κ3) is 6.26. The Morgan fingerprint density at radius 3 is 2.57 bits per heavy atom. The number of ether oxygens (including phenoxy) is 1. The first kappa shape index (κ1) is 21.2. The highest BCUT2D eigenvalue weighted by molar-refractivity contribution is 7.12. The van der Waals surface area contributed by atoms with E-state index in [9.17, 15) is 14.4 Å². The minimum Gasteiger partial charge on any atom is -0.422 e. The first-order valence-electron chi connectivity index (χ1n) is 8.73. The van der Waals surface area contributed by atoms with Gasteiger partial charge in [0, 0.05) is 10.6 Å². The first-order chi connectivity index (χ1) is 14.5. The summed E-state index contributed by atoms with van der Waals surface area (Å²) in [5, 5.41) is 8.55. The summed E-state index contributed by atoms with van der Waals surface area (Å²) >= 11 is 7.14. The van der Waals surface area contributed by atoms with Crippen LogP contribution in [0.4, 0.5) is 0 Å². The van der Waals surface area contributed by atoms with Crippen molar-refractivity contribution in [2.45, 2.75) is 0 Å². The molecule has 30 heavy (non-hydrogen) atoms. The minimum atomic E-state index is -0.483. The summed E-state index contributed by atoms with van der Waals surface area (Å²) < 4.78 is 5.26. The van der Waals surface area contributed by atoms with Gasteiger partial charge in [0.2, 0.25) is 0 Å². The number of halogens is 1. The molecule has 0 bridgehead atoms. The second kappa shape index (κ2) is 10.3. The number of nitrogens with zero attached hydrogens (tertiary/aromatic N) is 1. The van der Waals surface area contributed by atoms with Crippen LogP contribution in [0.3, 0.4) is 0 Å². The molecule has 1 heterocycles. The molecule has 152 valence electrons. The molecule has 0 saturated heterocycles. The maximum Gasteiger partial charge on any atom is 0.353 e. The zero-order valence-electron chi connectivity index (χ0n) is 15.5. The summed E-state index contributed by atoms with van der Waals surface area (Å²) in [7, 11) is 0. The summed E-state index contributed by atoms with van der Waals surface area (Å²) in [5.41, 5.74) is 3.37. The molecule has 3 rings (SSSR count). The normalized spacial score (nSPS) is 10.6. The molecule has 2 N–H and O–H groups in total. The van der Waals surface area contributed by atoms with Gasteiger partial charge in [-0.05, 0) is 59.5 Å². The smallest absolute Gasteiger partial charge is 0.353 e. The zero-order chi connectivity index (χ0) is 21.3. The third-order valence-electron chi connectivity index (χ3n) is 3.71. The SMILES string of the molecule is O=C(CNC(=O)c1cccc(Cl)c1)N/N=C/c1ccc(OC(=O)c2cccs2)cc1. The second-order valence-electron chi connectivity index (χ2n) is 5.92. The van der Waals surface area contributed by atoms with Gasteiger partial charge in [0.15, 0.2) is 0 Å². The van der Waals surface area contributed by atoms with Crippen LogP contribution >= 0.6 is 22.9 Å². The number of rotatable bonds is 7. The first-order valence-corrected chi connectivity index (χ1v) is 9.98. The number of carbonyl (C=O) groups is 3. The lowest BCUT2D eigenvalue weighted by Crippen LogP contribution is -2.34. The lowest BCUT2D eigenvalue weighted by Gasteiger charge is -2.05. The monoisotopic (exact) mass is 441 g/mol. The van der Waals surface area contributed by atoms with Crippen molar-refractivity contribution in [2.24, 2.45) is 5.10 Å². The molecule has 3 aromatic rings. The molecule has 0 radical (unpaired) electrons. The van der Waals surface area contributed by atoms with E-state index in [0.717, 1.165) is 0 Å². The Bertz CT molecular complexity index is 1070. The van der Waals surface area contributed by atoms with Crippen molar-refractivity contribution >= 4 is 46.9 Å². The van der Waals surface area contributed by atoms with Gasteiger partial charge in [-0.2, -0.15) is 5.10 Å². The van der Waals surface area contributed by atoms with E-state index in [1.807, 2.05) is 0 Å². The highest BCUT2D eigenvalue weighted by Crippen LogP contribution is 2.16. The molecular weight excluding hydrogens is 426 g/mol. The van der Waals surface area contributed by atoms with Crippen LogP contribution in [0.1, 0.15) is 25.6 Å². The Balaban J connectivity index is 1.43. The highest BCUT2D eigenvalue weighted by Gasteiger charge is 2.09. The van der Waals surface area contributed by atoms with Gasteiger partial charge in [-0.3, -0.25) is 9.59 Å². The van der Waals surface area contributed by atoms with Crippen molar-refractivity contribution < 1.29 is 19.1 Å². The van der Waals surface area contributed by atoms with E-state index in [1.165, 1.54) is 23.6 Å². The molecule has 7 nitrogen and oxygen atoms in total. The Hall–Kier alpha value is -3.49. The predicted octanol–water partition coefficient (Wildman–Crippen LogP) is 3.50. The van der Waals surface area contributed by atoms with Crippen molar-refractivity contribution in [1.29, 1.82) is 0 Å². The summed E-state index contributed by atoms with van der Waals surface area (Å²) in [6, 6.07) is 16.5. The largest absolute Gasteiger partial charge is 0.422 e. The number of carbonyl (C=O) groups excluding carboxylic acids is 3. The van der Waals surface area contributed by atoms with Crippen LogP contribution < -0.4 is 15.5 Å². The second-order valence-corrected chi connectivity index (χ2v) is 7.31. The Morgan fingerprint density at radius 1 is 1.07 bits per heavy atom. The zero-order valence-corrected chi connectivity index (χ0v) is 17.1. The Kier molecular flexibility index (Phi) is 7.31. The van der Waals surface area contributed by atoms with Gasteiger partial charge in [0.25, 0.3) is 11.8 Å². The van der Waals surface area contributed by atoms with Crippen LogP contribution in [-0.2, 0) is 4.79 Å². The average Bonchev–Trinajstić information content (AvgIpc) is 3.28. The van der Waals surface area contributed by atoms with Crippen LogP contribution in [0.25, 0.3) is 0 Å². The van der Waals surface area contributed by atoms with Gasteiger partial charge < -0.3 is 10.1 Å². The predicted molar refractivity (Wildman–Crippen MR) is 115 cm³/mol. The summed E-state index contributed by atoms with van der Waals surface area (Å²) in [4.78, 5) is 36.2. The number of thiophene rings is 1. The van der Waals surface area contributed by atoms with Crippen molar-refractivity contribution in [1.82, 2.24) is 10.7 Å². The number of hydrazone groups is 1. The van der Waals surface area contributed by atoms with Gasteiger partial charge in [-0.25, -0.2) is 10.2 Å². The van der Waals surface area contributed by atoms with Crippen molar-refractivity contribution in [3.8, 4) is 5.75 Å². The molecule has 0 aliphatic rings. The molecule has 0 saturated carbocycles. The molecule has 0 spiro atoms. The molecular formula is C21H16ClN3O4S. The summed E-state index contributed by atoms with van der Waals surface area (Å²) in [6.07, 6.45) is 1.43. The minimum absolute atomic E-state index is 0.236. The van der Waals surface area contributed by atoms with Crippen LogP contribution in [0.15, 0.2) is 71.1 Å². The van der Waals surface area contributed by atoms with Crippen LogP contribution in [0.5, 0.6) is 5.75 Å². The quantitative estimate of drug-likeness (QED) is 0.254. The number of esters is 1. The van der Waals surface area contributed by atoms with Gasteiger partial charge in [-0.1, -0.05) is 23.7 Å². The molecule has 2 aromatic carbocycles. The molecule has 0 fully saturated rings. The molecule has 0 atom stereocenters. The molecule has 1 aromatic heterocycles. The van der Waals surface area contributed by atoms with Crippen molar-refractivity contribution in [3.05, 3.63) is 87.1 Å². The Labute approximate surface area is 181 Å². The average molecular weight is 442 g/mol. The molecule has 0 aliphatic heterocycles. The highest BCUT2D eigenvalue weighted by atomic mass is 35.5. The number of benzene rings is 2. The number of amides is 2. The van der Waals surface area contributed by atoms with E-state index in [4.69, 9.17) is 16.3 Å². The standard InChI is InChI=1S/C21H16ClN3O4S/c22-16-4-1-3-15(11-16)20(27)23-13-19(26)25-24-12-14-6-8-17(9-7-14)29-21(28)18-5-2-10-30-18/h1-12H,13H2,(H,23,27)(H,25,26)/b24-12+. The molecule has 9 heteroatoms. The van der Waals surface area contributed by atoms with E-state index in [2.05, 4.69) is 15.8 Å². The Morgan fingerprint density at radius 2 is 1.87 bits per heavy atom. The fraction of sp³-hybridized carbons (Fsp3) is 0.0476. The van der Waals surface area contributed by atoms with Crippen LogP contribution in [-0.4, -0.2) is 30.5 Å². The van der Waals surface area contributed by atoms with Crippen LogP contribution in [0, 0.1) is 0 Å². The fourth-order valence-corrected chi connectivity index (χ4v) is 3.07. The van der Waals surface area contributed by atoms with E-state index in [1.54, 1.807) is 60.0 Å². The number of nitrogens with one attached hydrogen (secondary N) is 2. The molecule has 0 aliphatic carbocycles. The summed E-state index contributed by atoms with van der Waals surface area (Å²) in [6.45, 7) is -0.236. The number of hydrogen-bond acceptors (Lipinski definition) is 6. The van der Waals surface area contributed by atoms with Gasteiger partial charge in [0.05, 0.1) is 12.8 Å². The molecule has 0 unspecified atom stereocenters. The van der Waals surface area contributed by atoms with Gasteiger partial charge >= 0.3 is 5.97 Å². The topological polar surface area (TPSA) is 96.9 Å². The third-order valence-corrected chi connectivity index (χ3v) is 4.80. The lowest BCUT2D eigenvalue weighted by molar-refractivity contribution is -0.120. The van der Waals surface area contributed by atoms with Crippen LogP contribution in [0.2, 0.25) is 5.02 Å². The van der Waals surface area contributed by atoms with Crippen molar-refractivity contribution in [3.63, 3.8) is 0 Å². The van der Waals surface area contributed by atoms with E-state index >= 15 is 0 Å². The summed E-state index contributed by atoms with van der Waals surface area (Å²) in [5.74, 6) is -0.913. The van der Waals surface area contributed by atoms with E-state index < -0.39 is 17.8 Å². The van der Waals surface area contributed by atoms with Crippen molar-refractivity contribution in [2.75, 3.05) is 6.54 Å². The number of hydrogen-bond donors (Lipinski definition) is 2. The van der Waals surface area contributed by atoms with E-state index in [0.29, 0.717) is 26.8 Å².